The Hall–Kier alpha value is -0.650. The molecule has 2 aliphatic heterocycles. The van der Waals surface area contributed by atoms with Crippen LogP contribution in [0, 0.1) is 5.41 Å². The van der Waals surface area contributed by atoms with Crippen molar-refractivity contribution in [3.8, 4) is 0 Å². The molecule has 1 amide bonds. The van der Waals surface area contributed by atoms with Crippen molar-refractivity contribution in [3.05, 3.63) is 0 Å². The van der Waals surface area contributed by atoms with Crippen LogP contribution < -0.4 is 0 Å². The predicted molar refractivity (Wildman–Crippen MR) is 72.9 cm³/mol. The van der Waals surface area contributed by atoms with Crippen LogP contribution in [-0.4, -0.2) is 72.9 Å². The zero-order chi connectivity index (χ0) is 13.9. The lowest BCUT2D eigenvalue weighted by atomic mass is 9.82. The highest BCUT2D eigenvalue weighted by molar-refractivity contribution is 5.73. The lowest BCUT2D eigenvalue weighted by molar-refractivity contribution is -0.129. The Labute approximate surface area is 115 Å². The van der Waals surface area contributed by atoms with E-state index in [1.807, 2.05) is 0 Å². The molecule has 5 heteroatoms. The molecule has 0 aromatic carbocycles. The van der Waals surface area contributed by atoms with E-state index < -0.39 is 6.10 Å². The Bertz CT molecular complexity index is 316. The molecule has 0 saturated carbocycles. The predicted octanol–water partition coefficient (Wildman–Crippen LogP) is 0.328. The molecule has 19 heavy (non-hydrogen) atoms. The van der Waals surface area contributed by atoms with E-state index in [1.165, 1.54) is 0 Å². The van der Waals surface area contributed by atoms with E-state index in [9.17, 15) is 9.90 Å². The summed E-state index contributed by atoms with van der Waals surface area (Å²) >= 11 is 0. The van der Waals surface area contributed by atoms with Crippen LogP contribution in [0.15, 0.2) is 0 Å². The maximum Gasteiger partial charge on any atom is 0.219 e. The first-order valence-electron chi connectivity index (χ1n) is 7.22. The number of nitrogens with zero attached hydrogens (tertiary/aromatic N) is 2. The molecule has 2 fully saturated rings. The summed E-state index contributed by atoms with van der Waals surface area (Å²) in [5.74, 6) is 0.0539. The summed E-state index contributed by atoms with van der Waals surface area (Å²) in [4.78, 5) is 15.5. The van der Waals surface area contributed by atoms with Crippen molar-refractivity contribution in [2.75, 3.05) is 45.9 Å². The summed E-state index contributed by atoms with van der Waals surface area (Å²) in [7, 11) is 0. The van der Waals surface area contributed by atoms with Crippen LogP contribution in [0.4, 0.5) is 0 Å². The minimum atomic E-state index is -0.435. The first-order valence-corrected chi connectivity index (χ1v) is 7.22. The number of rotatable bonds is 2. The van der Waals surface area contributed by atoms with Gasteiger partial charge in [-0.05, 0) is 18.3 Å². The Morgan fingerprint density at radius 2 is 2.00 bits per heavy atom. The van der Waals surface area contributed by atoms with Gasteiger partial charge in [0.05, 0.1) is 6.10 Å². The van der Waals surface area contributed by atoms with Crippen molar-refractivity contribution in [2.24, 2.45) is 5.41 Å². The summed E-state index contributed by atoms with van der Waals surface area (Å²) in [5, 5.41) is 10.0. The molecule has 0 spiro atoms. The Balaban J connectivity index is 1.91. The number of hydrogen-bond donors (Lipinski definition) is 1. The lowest BCUT2D eigenvalue weighted by Crippen LogP contribution is -2.42. The van der Waals surface area contributed by atoms with E-state index in [0.717, 1.165) is 45.7 Å². The molecule has 2 aliphatic rings. The number of aliphatic hydroxyl groups is 1. The van der Waals surface area contributed by atoms with Gasteiger partial charge in [-0.3, -0.25) is 9.69 Å². The zero-order valence-corrected chi connectivity index (χ0v) is 12.1. The number of carbonyl (C=O) groups is 1. The van der Waals surface area contributed by atoms with Crippen molar-refractivity contribution in [1.29, 1.82) is 0 Å². The fourth-order valence-electron chi connectivity index (χ4n) is 3.05. The highest BCUT2D eigenvalue weighted by atomic mass is 16.5. The van der Waals surface area contributed by atoms with Gasteiger partial charge >= 0.3 is 0 Å². The molecular weight excluding hydrogens is 244 g/mol. The van der Waals surface area contributed by atoms with E-state index in [4.69, 9.17) is 4.74 Å². The molecule has 0 aromatic heterocycles. The molecule has 1 N–H and O–H groups in total. The summed E-state index contributed by atoms with van der Waals surface area (Å²) < 4.78 is 5.43. The fourth-order valence-corrected chi connectivity index (χ4v) is 3.05. The van der Waals surface area contributed by atoms with Gasteiger partial charge < -0.3 is 14.7 Å². The second-order valence-electron chi connectivity index (χ2n) is 6.28. The van der Waals surface area contributed by atoms with Crippen molar-refractivity contribution >= 4 is 5.91 Å². The van der Waals surface area contributed by atoms with Gasteiger partial charge in [-0.1, -0.05) is 6.92 Å². The third-order valence-corrected chi connectivity index (χ3v) is 4.34. The zero-order valence-electron chi connectivity index (χ0n) is 12.1. The normalized spacial score (nSPS) is 29.0. The number of amides is 1. The van der Waals surface area contributed by atoms with Gasteiger partial charge in [-0.25, -0.2) is 0 Å². The van der Waals surface area contributed by atoms with Crippen molar-refractivity contribution in [1.82, 2.24) is 9.80 Å². The van der Waals surface area contributed by atoms with Crippen LogP contribution in [0.25, 0.3) is 0 Å². The second-order valence-corrected chi connectivity index (χ2v) is 6.28. The topological polar surface area (TPSA) is 53.0 Å². The highest BCUT2D eigenvalue weighted by Crippen LogP contribution is 2.30. The fraction of sp³-hybridized carbons (Fsp3) is 0.929. The lowest BCUT2D eigenvalue weighted by Gasteiger charge is -2.38. The van der Waals surface area contributed by atoms with Crippen LogP contribution in [-0.2, 0) is 9.53 Å². The number of aliphatic hydroxyl groups excluding tert-OH is 1. The van der Waals surface area contributed by atoms with Gasteiger partial charge in [-0.2, -0.15) is 0 Å². The molecule has 5 nitrogen and oxygen atoms in total. The molecule has 0 aromatic rings. The van der Waals surface area contributed by atoms with Crippen LogP contribution in [0.2, 0.25) is 0 Å². The first-order chi connectivity index (χ1) is 8.98. The average molecular weight is 270 g/mol. The summed E-state index contributed by atoms with van der Waals surface area (Å²) in [6.07, 6.45) is 1.72. The van der Waals surface area contributed by atoms with Gasteiger partial charge in [0.1, 0.15) is 0 Å². The molecule has 110 valence electrons. The molecule has 2 heterocycles. The minimum absolute atomic E-state index is 0.0539. The Kier molecular flexibility index (Phi) is 4.81. The third kappa shape index (κ3) is 4.16. The van der Waals surface area contributed by atoms with E-state index in [-0.39, 0.29) is 11.3 Å². The van der Waals surface area contributed by atoms with Crippen molar-refractivity contribution in [2.45, 2.75) is 32.8 Å². The largest absolute Gasteiger partial charge is 0.390 e. The van der Waals surface area contributed by atoms with Crippen LogP contribution >= 0.6 is 0 Å². The molecule has 1 unspecified atom stereocenters. The standard InChI is InChI=1S/C14H26N2O3/c1-12(17)16-6-5-15(9-13(18)10-16)11-14(2)3-7-19-8-4-14/h13,18H,3-11H2,1-2H3. The number of β-amino-alcohol motifs (C(OH)–C–C–N with tert-alkyl or cyclic N) is 1. The van der Waals surface area contributed by atoms with Gasteiger partial charge in [0, 0.05) is 52.9 Å². The van der Waals surface area contributed by atoms with Gasteiger partial charge in [0.15, 0.2) is 0 Å². The number of hydrogen-bond acceptors (Lipinski definition) is 4. The Morgan fingerprint density at radius 1 is 1.32 bits per heavy atom. The van der Waals surface area contributed by atoms with Crippen LogP contribution in [0.3, 0.4) is 0 Å². The number of ether oxygens (including phenoxy) is 1. The number of carbonyl (C=O) groups excluding carboxylic acids is 1. The molecule has 2 saturated heterocycles. The van der Waals surface area contributed by atoms with Crippen LogP contribution in [0.1, 0.15) is 26.7 Å². The Morgan fingerprint density at radius 3 is 2.63 bits per heavy atom. The summed E-state index contributed by atoms with van der Waals surface area (Å²) in [6.45, 7) is 9.24. The SMILES string of the molecule is CC(=O)N1CCN(CC2(C)CCOCC2)CC(O)C1. The van der Waals surface area contributed by atoms with Crippen LogP contribution in [0.5, 0.6) is 0 Å². The maximum absolute atomic E-state index is 11.4. The first kappa shape index (κ1) is 14.8. The second kappa shape index (κ2) is 6.20. The van der Waals surface area contributed by atoms with E-state index in [2.05, 4.69) is 11.8 Å². The molecule has 0 radical (unpaired) electrons. The van der Waals surface area contributed by atoms with E-state index >= 15 is 0 Å². The smallest absolute Gasteiger partial charge is 0.219 e. The van der Waals surface area contributed by atoms with Gasteiger partial charge in [-0.15, -0.1) is 0 Å². The van der Waals surface area contributed by atoms with E-state index in [1.54, 1.807) is 11.8 Å². The highest BCUT2D eigenvalue weighted by Gasteiger charge is 2.31. The van der Waals surface area contributed by atoms with Crippen molar-refractivity contribution < 1.29 is 14.6 Å². The quantitative estimate of drug-likeness (QED) is 0.785. The average Bonchev–Trinajstić information content (AvgIpc) is 2.51. The van der Waals surface area contributed by atoms with E-state index in [0.29, 0.717) is 13.1 Å². The molecule has 0 aliphatic carbocycles. The van der Waals surface area contributed by atoms with Crippen molar-refractivity contribution in [3.63, 3.8) is 0 Å². The molecular formula is C14H26N2O3. The maximum atomic E-state index is 11.4. The summed E-state index contributed by atoms with van der Waals surface area (Å²) in [5.41, 5.74) is 0.281. The molecule has 1 atom stereocenters. The molecule has 2 rings (SSSR count). The van der Waals surface area contributed by atoms with Gasteiger partial charge in [0.25, 0.3) is 0 Å². The third-order valence-electron chi connectivity index (χ3n) is 4.34. The monoisotopic (exact) mass is 270 g/mol. The minimum Gasteiger partial charge on any atom is -0.390 e. The summed E-state index contributed by atoms with van der Waals surface area (Å²) in [6, 6.07) is 0. The van der Waals surface area contributed by atoms with Gasteiger partial charge in [0.2, 0.25) is 5.91 Å². The molecule has 0 bridgehead atoms.